The van der Waals surface area contributed by atoms with Crippen LogP contribution >= 0.6 is 22.7 Å². The van der Waals surface area contributed by atoms with E-state index in [1.54, 1.807) is 11.3 Å². The summed E-state index contributed by atoms with van der Waals surface area (Å²) >= 11 is 3.21. The maximum absolute atomic E-state index is 12.6. The molecule has 0 radical (unpaired) electrons. The molecule has 0 atom stereocenters. The van der Waals surface area contributed by atoms with Crippen LogP contribution in [0.5, 0.6) is 0 Å². The maximum Gasteiger partial charge on any atom is 0.437 e. The molecule has 7 nitrogen and oxygen atoms in total. The van der Waals surface area contributed by atoms with Crippen molar-refractivity contribution in [2.45, 2.75) is 31.7 Å². The van der Waals surface area contributed by atoms with E-state index in [1.807, 2.05) is 40.6 Å². The highest BCUT2D eigenvalue weighted by atomic mass is 32.1. The Hall–Kier alpha value is -2.78. The third-order valence-electron chi connectivity index (χ3n) is 5.38. The SMILES string of the molecule is O=C(CCn1nc(-c2cccs2)oc1=O)N1CCC(c2nc3ccccc3s2)CC1. The molecule has 1 fully saturated rings. The first-order chi connectivity index (χ1) is 14.7. The predicted octanol–water partition coefficient (Wildman–Crippen LogP) is 3.97. The Balaban J connectivity index is 1.17. The Morgan fingerprint density at radius 1 is 1.17 bits per heavy atom. The summed E-state index contributed by atoms with van der Waals surface area (Å²) in [5.41, 5.74) is 1.05. The molecule has 1 aliphatic rings. The number of likely N-dealkylation sites (tertiary alicyclic amines) is 1. The molecule has 4 aromatic rings. The number of rotatable bonds is 5. The van der Waals surface area contributed by atoms with Crippen molar-refractivity contribution in [3.05, 3.63) is 57.3 Å². The van der Waals surface area contributed by atoms with Gasteiger partial charge in [-0.3, -0.25) is 4.79 Å². The molecular formula is C21H20N4O3S2. The molecule has 5 rings (SSSR count). The average molecular weight is 441 g/mol. The van der Waals surface area contributed by atoms with Gasteiger partial charge in [0.25, 0.3) is 5.89 Å². The van der Waals surface area contributed by atoms with Crippen molar-refractivity contribution in [1.82, 2.24) is 19.7 Å². The zero-order valence-corrected chi connectivity index (χ0v) is 17.8. The molecule has 1 saturated heterocycles. The van der Waals surface area contributed by atoms with Gasteiger partial charge in [-0.15, -0.1) is 27.8 Å². The van der Waals surface area contributed by atoms with Crippen LogP contribution < -0.4 is 5.76 Å². The van der Waals surface area contributed by atoms with E-state index in [2.05, 4.69) is 11.2 Å². The van der Waals surface area contributed by atoms with Crippen LogP contribution in [0.4, 0.5) is 0 Å². The maximum atomic E-state index is 12.6. The molecule has 4 heterocycles. The van der Waals surface area contributed by atoms with Gasteiger partial charge in [0.1, 0.15) is 0 Å². The first-order valence-corrected chi connectivity index (χ1v) is 11.6. The summed E-state index contributed by atoms with van der Waals surface area (Å²) in [5, 5.41) is 7.28. The van der Waals surface area contributed by atoms with Crippen molar-refractivity contribution in [2.75, 3.05) is 13.1 Å². The van der Waals surface area contributed by atoms with Crippen molar-refractivity contribution in [3.63, 3.8) is 0 Å². The molecule has 154 valence electrons. The first kappa shape index (κ1) is 19.2. The van der Waals surface area contributed by atoms with Crippen LogP contribution in [0.3, 0.4) is 0 Å². The normalized spacial score (nSPS) is 15.1. The average Bonchev–Trinajstić information content (AvgIpc) is 3.51. The van der Waals surface area contributed by atoms with Crippen LogP contribution in [0.25, 0.3) is 21.0 Å². The lowest BCUT2D eigenvalue weighted by atomic mass is 9.97. The number of carbonyl (C=O) groups is 1. The lowest BCUT2D eigenvalue weighted by Crippen LogP contribution is -2.38. The van der Waals surface area contributed by atoms with Crippen LogP contribution in [0, 0.1) is 0 Å². The van der Waals surface area contributed by atoms with E-state index >= 15 is 0 Å². The zero-order chi connectivity index (χ0) is 20.5. The molecule has 0 bridgehead atoms. The number of benzene rings is 1. The largest absolute Gasteiger partial charge is 0.437 e. The Bertz CT molecular complexity index is 1180. The van der Waals surface area contributed by atoms with Gasteiger partial charge in [0.05, 0.1) is 26.6 Å². The van der Waals surface area contributed by atoms with E-state index in [-0.39, 0.29) is 18.9 Å². The van der Waals surface area contributed by atoms with Crippen molar-refractivity contribution < 1.29 is 9.21 Å². The van der Waals surface area contributed by atoms with Crippen LogP contribution in [0.15, 0.2) is 51.0 Å². The van der Waals surface area contributed by atoms with Gasteiger partial charge in [-0.05, 0) is 36.4 Å². The van der Waals surface area contributed by atoms with E-state index in [1.165, 1.54) is 25.7 Å². The van der Waals surface area contributed by atoms with Gasteiger partial charge in [-0.1, -0.05) is 18.2 Å². The molecule has 1 amide bonds. The number of fused-ring (bicyclic) bond motifs is 1. The third-order valence-corrected chi connectivity index (χ3v) is 7.44. The van der Waals surface area contributed by atoms with Crippen LogP contribution in [0.2, 0.25) is 0 Å². The van der Waals surface area contributed by atoms with Crippen molar-refractivity contribution in [3.8, 4) is 10.8 Å². The lowest BCUT2D eigenvalue weighted by Gasteiger charge is -2.31. The molecule has 0 unspecified atom stereocenters. The number of thiazole rings is 1. The molecular weight excluding hydrogens is 420 g/mol. The van der Waals surface area contributed by atoms with Gasteiger partial charge in [-0.2, -0.15) is 4.68 Å². The standard InChI is InChI=1S/C21H20N4O3S2/c26-18(9-12-25-21(27)28-19(23-25)17-6-3-13-29-17)24-10-7-14(8-11-24)20-22-15-4-1-2-5-16(15)30-20/h1-6,13-14H,7-12H2. The third kappa shape index (κ3) is 3.82. The van der Waals surface area contributed by atoms with Gasteiger partial charge in [0.15, 0.2) is 0 Å². The fourth-order valence-corrected chi connectivity index (χ4v) is 5.53. The molecule has 9 heteroatoms. The molecule has 3 aromatic heterocycles. The van der Waals surface area contributed by atoms with Crippen molar-refractivity contribution in [1.29, 1.82) is 0 Å². The quantitative estimate of drug-likeness (QED) is 0.469. The molecule has 1 aromatic carbocycles. The van der Waals surface area contributed by atoms with Gasteiger partial charge < -0.3 is 9.32 Å². The lowest BCUT2D eigenvalue weighted by molar-refractivity contribution is -0.132. The summed E-state index contributed by atoms with van der Waals surface area (Å²) < 4.78 is 7.65. The van der Waals surface area contributed by atoms with E-state index in [9.17, 15) is 9.59 Å². The van der Waals surface area contributed by atoms with Crippen molar-refractivity contribution >= 4 is 38.8 Å². The highest BCUT2D eigenvalue weighted by Gasteiger charge is 2.26. The summed E-state index contributed by atoms with van der Waals surface area (Å²) in [6.45, 7) is 1.66. The summed E-state index contributed by atoms with van der Waals surface area (Å²) in [6.07, 6.45) is 2.07. The molecule has 0 spiro atoms. The monoisotopic (exact) mass is 440 g/mol. The summed E-state index contributed by atoms with van der Waals surface area (Å²) in [4.78, 5) is 32.1. The minimum atomic E-state index is -0.527. The summed E-state index contributed by atoms with van der Waals surface area (Å²) in [7, 11) is 0. The minimum Gasteiger partial charge on any atom is -0.387 e. The van der Waals surface area contributed by atoms with Gasteiger partial charge in [0.2, 0.25) is 5.91 Å². The van der Waals surface area contributed by atoms with Gasteiger partial charge >= 0.3 is 5.76 Å². The van der Waals surface area contributed by atoms with E-state index in [0.29, 0.717) is 24.9 Å². The van der Waals surface area contributed by atoms with E-state index < -0.39 is 5.76 Å². The number of carbonyl (C=O) groups excluding carboxylic acids is 1. The number of nitrogens with zero attached hydrogens (tertiary/aromatic N) is 4. The van der Waals surface area contributed by atoms with Crippen LogP contribution in [-0.4, -0.2) is 38.7 Å². The number of hydrogen-bond donors (Lipinski definition) is 0. The van der Waals surface area contributed by atoms with Gasteiger partial charge in [-0.25, -0.2) is 9.78 Å². The second-order valence-electron chi connectivity index (χ2n) is 7.30. The number of amides is 1. The minimum absolute atomic E-state index is 0.0466. The Labute approximate surface area is 180 Å². The molecule has 0 saturated carbocycles. The number of aryl methyl sites for hydroxylation is 1. The summed E-state index contributed by atoms with van der Waals surface area (Å²) in [5.74, 6) is 0.225. The highest BCUT2D eigenvalue weighted by molar-refractivity contribution is 7.18. The van der Waals surface area contributed by atoms with Crippen molar-refractivity contribution in [2.24, 2.45) is 0 Å². The number of piperidine rings is 1. The second kappa shape index (κ2) is 8.16. The Morgan fingerprint density at radius 3 is 2.77 bits per heavy atom. The fourth-order valence-electron chi connectivity index (χ4n) is 3.75. The number of para-hydroxylation sites is 1. The van der Waals surface area contributed by atoms with Gasteiger partial charge in [0, 0.05) is 25.4 Å². The van der Waals surface area contributed by atoms with Crippen LogP contribution in [-0.2, 0) is 11.3 Å². The Morgan fingerprint density at radius 2 is 2.00 bits per heavy atom. The zero-order valence-electron chi connectivity index (χ0n) is 16.2. The molecule has 0 N–H and O–H groups in total. The number of aromatic nitrogens is 3. The molecule has 1 aliphatic heterocycles. The molecule has 0 aliphatic carbocycles. The second-order valence-corrected chi connectivity index (χ2v) is 9.31. The number of hydrogen-bond acceptors (Lipinski definition) is 7. The molecule has 30 heavy (non-hydrogen) atoms. The fraction of sp³-hybridized carbons (Fsp3) is 0.333. The number of thiophene rings is 1. The highest BCUT2D eigenvalue weighted by Crippen LogP contribution is 2.33. The predicted molar refractivity (Wildman–Crippen MR) is 117 cm³/mol. The Kier molecular flexibility index (Phi) is 5.22. The van der Waals surface area contributed by atoms with Crippen LogP contribution in [0.1, 0.15) is 30.2 Å². The summed E-state index contributed by atoms with van der Waals surface area (Å²) in [6, 6.07) is 11.9. The first-order valence-electron chi connectivity index (χ1n) is 9.92. The van der Waals surface area contributed by atoms with E-state index in [4.69, 9.17) is 9.40 Å². The topological polar surface area (TPSA) is 81.2 Å². The smallest absolute Gasteiger partial charge is 0.387 e. The van der Waals surface area contributed by atoms with E-state index in [0.717, 1.165) is 23.2 Å².